The summed E-state index contributed by atoms with van der Waals surface area (Å²) in [4.78, 5) is 16.4. The van der Waals surface area contributed by atoms with E-state index in [4.69, 9.17) is 11.6 Å². The number of thiazole rings is 1. The minimum absolute atomic E-state index is 0.0811. The molecule has 1 amide bonds. The van der Waals surface area contributed by atoms with Crippen LogP contribution in [0.1, 0.15) is 12.0 Å². The van der Waals surface area contributed by atoms with Gasteiger partial charge in [0, 0.05) is 23.7 Å². The van der Waals surface area contributed by atoms with Gasteiger partial charge in [0.05, 0.1) is 10.2 Å². The van der Waals surface area contributed by atoms with Gasteiger partial charge in [-0.3, -0.25) is 4.79 Å². The SMILES string of the molecule is O=C(CCSc1nc2ccccc2s1)NCCc1ccc(Cl)cc1. The number of amides is 1. The minimum atomic E-state index is 0.0811. The summed E-state index contributed by atoms with van der Waals surface area (Å²) >= 11 is 9.17. The fourth-order valence-electron chi connectivity index (χ4n) is 2.23. The number of nitrogens with one attached hydrogen (secondary N) is 1. The molecule has 0 bridgehead atoms. The van der Waals surface area contributed by atoms with Gasteiger partial charge in [0.1, 0.15) is 0 Å². The lowest BCUT2D eigenvalue weighted by Crippen LogP contribution is -2.25. The predicted molar refractivity (Wildman–Crippen MR) is 103 cm³/mol. The number of hydrogen-bond donors (Lipinski definition) is 1. The Bertz CT molecular complexity index is 784. The average Bonchev–Trinajstić information content (AvgIpc) is 2.99. The van der Waals surface area contributed by atoms with Crippen LogP contribution in [0.2, 0.25) is 5.02 Å². The molecule has 24 heavy (non-hydrogen) atoms. The molecular formula is C18H17ClN2OS2. The first-order chi connectivity index (χ1) is 11.7. The van der Waals surface area contributed by atoms with Gasteiger partial charge in [-0.15, -0.1) is 11.3 Å². The van der Waals surface area contributed by atoms with Crippen LogP contribution in [0.25, 0.3) is 10.2 Å². The Labute approximate surface area is 154 Å². The Morgan fingerprint density at radius 3 is 2.75 bits per heavy atom. The maximum absolute atomic E-state index is 11.9. The van der Waals surface area contributed by atoms with Crippen molar-refractivity contribution in [3.05, 3.63) is 59.1 Å². The highest BCUT2D eigenvalue weighted by atomic mass is 35.5. The monoisotopic (exact) mass is 376 g/mol. The lowest BCUT2D eigenvalue weighted by atomic mass is 10.1. The summed E-state index contributed by atoms with van der Waals surface area (Å²) < 4.78 is 2.21. The summed E-state index contributed by atoms with van der Waals surface area (Å²) in [5.74, 6) is 0.824. The first-order valence-electron chi connectivity index (χ1n) is 7.70. The number of carbonyl (C=O) groups excluding carboxylic acids is 1. The molecule has 3 rings (SSSR count). The Morgan fingerprint density at radius 2 is 1.96 bits per heavy atom. The van der Waals surface area contributed by atoms with Crippen molar-refractivity contribution >= 4 is 50.8 Å². The third-order valence-electron chi connectivity index (χ3n) is 3.48. The number of hydrogen-bond acceptors (Lipinski definition) is 4. The first-order valence-corrected chi connectivity index (χ1v) is 9.88. The van der Waals surface area contributed by atoms with E-state index in [2.05, 4.69) is 16.4 Å². The van der Waals surface area contributed by atoms with Crippen LogP contribution >= 0.6 is 34.7 Å². The van der Waals surface area contributed by atoms with Crippen molar-refractivity contribution in [3.63, 3.8) is 0 Å². The van der Waals surface area contributed by atoms with E-state index in [0.29, 0.717) is 13.0 Å². The minimum Gasteiger partial charge on any atom is -0.356 e. The highest BCUT2D eigenvalue weighted by Gasteiger charge is 2.06. The molecule has 0 spiro atoms. The molecule has 0 saturated heterocycles. The van der Waals surface area contributed by atoms with Gasteiger partial charge in [-0.05, 0) is 36.2 Å². The van der Waals surface area contributed by atoms with Crippen LogP contribution in [0.15, 0.2) is 52.9 Å². The molecule has 0 fully saturated rings. The number of thioether (sulfide) groups is 1. The van der Waals surface area contributed by atoms with Gasteiger partial charge in [-0.25, -0.2) is 4.98 Å². The van der Waals surface area contributed by atoms with Crippen LogP contribution in [-0.2, 0) is 11.2 Å². The van der Waals surface area contributed by atoms with Crippen molar-refractivity contribution in [2.45, 2.75) is 17.2 Å². The fraction of sp³-hybridized carbons (Fsp3) is 0.222. The van der Waals surface area contributed by atoms with Crippen LogP contribution in [0, 0.1) is 0 Å². The van der Waals surface area contributed by atoms with Gasteiger partial charge in [0.2, 0.25) is 5.91 Å². The molecule has 0 aliphatic rings. The summed E-state index contributed by atoms with van der Waals surface area (Å²) in [6, 6.07) is 15.8. The second kappa shape index (κ2) is 8.51. The van der Waals surface area contributed by atoms with Crippen molar-refractivity contribution in [1.82, 2.24) is 10.3 Å². The van der Waals surface area contributed by atoms with Gasteiger partial charge in [0.15, 0.2) is 4.34 Å². The van der Waals surface area contributed by atoms with Crippen molar-refractivity contribution in [2.75, 3.05) is 12.3 Å². The number of para-hydroxylation sites is 1. The summed E-state index contributed by atoms with van der Waals surface area (Å²) in [6.07, 6.45) is 1.31. The molecule has 0 saturated carbocycles. The van der Waals surface area contributed by atoms with Crippen molar-refractivity contribution in [3.8, 4) is 0 Å². The van der Waals surface area contributed by atoms with Crippen LogP contribution < -0.4 is 5.32 Å². The third-order valence-corrected chi connectivity index (χ3v) is 5.91. The van der Waals surface area contributed by atoms with Crippen LogP contribution in [0.4, 0.5) is 0 Å². The topological polar surface area (TPSA) is 42.0 Å². The summed E-state index contributed by atoms with van der Waals surface area (Å²) in [7, 11) is 0. The van der Waals surface area contributed by atoms with Gasteiger partial charge >= 0.3 is 0 Å². The van der Waals surface area contributed by atoms with Crippen molar-refractivity contribution < 1.29 is 4.79 Å². The molecule has 3 nitrogen and oxygen atoms in total. The molecule has 1 N–H and O–H groups in total. The zero-order chi connectivity index (χ0) is 16.8. The number of aromatic nitrogens is 1. The lowest BCUT2D eigenvalue weighted by molar-refractivity contribution is -0.120. The van der Waals surface area contributed by atoms with E-state index >= 15 is 0 Å². The molecule has 1 aromatic heterocycles. The largest absolute Gasteiger partial charge is 0.356 e. The number of benzene rings is 2. The van der Waals surface area contributed by atoms with E-state index in [9.17, 15) is 4.79 Å². The van der Waals surface area contributed by atoms with Crippen molar-refractivity contribution in [1.29, 1.82) is 0 Å². The van der Waals surface area contributed by atoms with E-state index in [1.165, 1.54) is 10.3 Å². The standard InChI is InChI=1S/C18H17ClN2OS2/c19-14-7-5-13(6-8-14)9-11-20-17(22)10-12-23-18-21-15-3-1-2-4-16(15)24-18/h1-8H,9-12H2,(H,20,22). The molecule has 0 aliphatic carbocycles. The van der Waals surface area contributed by atoms with E-state index in [0.717, 1.165) is 27.1 Å². The second-order valence-electron chi connectivity index (χ2n) is 5.27. The number of nitrogens with zero attached hydrogens (tertiary/aromatic N) is 1. The molecule has 0 radical (unpaired) electrons. The summed E-state index contributed by atoms with van der Waals surface area (Å²) in [5.41, 5.74) is 2.20. The van der Waals surface area contributed by atoms with E-state index < -0.39 is 0 Å². The van der Waals surface area contributed by atoms with Gasteiger partial charge < -0.3 is 5.32 Å². The van der Waals surface area contributed by atoms with Crippen LogP contribution in [0.3, 0.4) is 0 Å². The molecule has 3 aromatic rings. The maximum Gasteiger partial charge on any atom is 0.220 e. The molecule has 1 heterocycles. The van der Waals surface area contributed by atoms with Gasteiger partial charge in [0.25, 0.3) is 0 Å². The van der Waals surface area contributed by atoms with Gasteiger partial charge in [-0.2, -0.15) is 0 Å². The Balaban J connectivity index is 1.37. The third kappa shape index (κ3) is 4.97. The van der Waals surface area contributed by atoms with E-state index in [-0.39, 0.29) is 5.91 Å². The van der Waals surface area contributed by atoms with Gasteiger partial charge in [-0.1, -0.05) is 47.6 Å². The van der Waals surface area contributed by atoms with Crippen LogP contribution in [0.5, 0.6) is 0 Å². The quantitative estimate of drug-likeness (QED) is 0.603. The highest BCUT2D eigenvalue weighted by Crippen LogP contribution is 2.29. The number of carbonyl (C=O) groups is 1. The normalized spacial score (nSPS) is 10.9. The number of rotatable bonds is 7. The molecule has 2 aromatic carbocycles. The van der Waals surface area contributed by atoms with E-state index in [1.807, 2.05) is 42.5 Å². The highest BCUT2D eigenvalue weighted by molar-refractivity contribution is 8.01. The first kappa shape index (κ1) is 17.3. The van der Waals surface area contributed by atoms with E-state index in [1.54, 1.807) is 23.1 Å². The molecule has 0 unspecified atom stereocenters. The average molecular weight is 377 g/mol. The molecule has 6 heteroatoms. The predicted octanol–water partition coefficient (Wildman–Crippen LogP) is 4.79. The Hall–Kier alpha value is -1.56. The Kier molecular flexibility index (Phi) is 6.12. The number of fused-ring (bicyclic) bond motifs is 1. The van der Waals surface area contributed by atoms with Crippen LogP contribution in [-0.4, -0.2) is 23.2 Å². The fourth-order valence-corrected chi connectivity index (χ4v) is 4.43. The van der Waals surface area contributed by atoms with Crippen molar-refractivity contribution in [2.24, 2.45) is 0 Å². The zero-order valence-corrected chi connectivity index (χ0v) is 15.4. The Morgan fingerprint density at radius 1 is 1.17 bits per heavy atom. The molecule has 0 aliphatic heterocycles. The lowest BCUT2D eigenvalue weighted by Gasteiger charge is -2.05. The molecular weight excluding hydrogens is 360 g/mol. The molecule has 0 atom stereocenters. The summed E-state index contributed by atoms with van der Waals surface area (Å²) in [5, 5.41) is 3.69. The summed E-state index contributed by atoms with van der Waals surface area (Å²) in [6.45, 7) is 0.645. The molecule has 124 valence electrons. The zero-order valence-electron chi connectivity index (χ0n) is 13.0. The maximum atomic E-state index is 11.9. The second-order valence-corrected chi connectivity index (χ2v) is 8.08. The number of halogens is 1. The smallest absolute Gasteiger partial charge is 0.220 e.